The van der Waals surface area contributed by atoms with Crippen molar-refractivity contribution in [2.75, 3.05) is 30.1 Å². The van der Waals surface area contributed by atoms with Crippen LogP contribution in [0.15, 0.2) is 140 Å². The van der Waals surface area contributed by atoms with Crippen LogP contribution in [0, 0.1) is 5.92 Å². The number of amides is 2. The lowest BCUT2D eigenvalue weighted by molar-refractivity contribution is -0.145. The molecule has 3 aliphatic rings. The van der Waals surface area contributed by atoms with Crippen LogP contribution < -0.4 is 24.5 Å². The van der Waals surface area contributed by atoms with Crippen molar-refractivity contribution in [1.29, 1.82) is 0 Å². The minimum absolute atomic E-state index is 0.0386. The number of rotatable bonds is 12. The predicted octanol–water partition coefficient (Wildman–Crippen LogP) is 8.33. The van der Waals surface area contributed by atoms with Crippen LogP contribution in [0.3, 0.4) is 0 Å². The fourth-order valence-corrected chi connectivity index (χ4v) is 14.0. The van der Waals surface area contributed by atoms with E-state index in [0.29, 0.717) is 53.6 Å². The molecule has 0 bridgehead atoms. The van der Waals surface area contributed by atoms with E-state index >= 15 is 4.79 Å². The molecule has 1 aromatic heterocycles. The summed E-state index contributed by atoms with van der Waals surface area (Å²) in [7, 11) is -0.810. The van der Waals surface area contributed by atoms with Gasteiger partial charge in [-0.05, 0) is 72.1 Å². The van der Waals surface area contributed by atoms with Gasteiger partial charge < -0.3 is 24.2 Å². The smallest absolute Gasteiger partial charge is 0.266 e. The zero-order chi connectivity index (χ0) is 42.5. The van der Waals surface area contributed by atoms with Crippen LogP contribution in [-0.4, -0.2) is 66.4 Å². The summed E-state index contributed by atoms with van der Waals surface area (Å²) in [5, 5.41) is 20.6. The van der Waals surface area contributed by atoms with Crippen LogP contribution in [-0.2, 0) is 21.7 Å². The number of hydrogen-bond acceptors (Lipinski definition) is 8. The SMILES string of the molecule is C=CCN1C(=O)[C@]2(O[C@H](CCn3cc(C(CO)c4ccccc4)nn3)[C@@H]([Si](C)(C)c3ccc(OC)cc3)[C@@H]2C)c2cc(N3C(=O)c4ccccc4Oc4ccccc43)ccc21. The van der Waals surface area contributed by atoms with Gasteiger partial charge in [-0.3, -0.25) is 19.2 Å². The number of aromatic nitrogens is 3. The maximum Gasteiger partial charge on any atom is 0.266 e. The van der Waals surface area contributed by atoms with Gasteiger partial charge in [-0.15, -0.1) is 11.7 Å². The highest BCUT2D eigenvalue weighted by Crippen LogP contribution is 2.61. The number of fused-ring (bicyclic) bond motifs is 4. The topological polar surface area (TPSA) is 119 Å². The summed E-state index contributed by atoms with van der Waals surface area (Å²) >= 11 is 0. The Bertz CT molecular complexity index is 2610. The molecule has 0 aliphatic carbocycles. The summed E-state index contributed by atoms with van der Waals surface area (Å²) in [6.45, 7) is 11.5. The zero-order valence-corrected chi connectivity index (χ0v) is 35.8. The van der Waals surface area contributed by atoms with Gasteiger partial charge in [0.05, 0.1) is 56.4 Å². The first-order valence-electron chi connectivity index (χ1n) is 20.8. The number of nitrogens with zero attached hydrogens (tertiary/aromatic N) is 5. The van der Waals surface area contributed by atoms with Crippen molar-refractivity contribution in [2.24, 2.45) is 5.92 Å². The molecule has 61 heavy (non-hydrogen) atoms. The van der Waals surface area contributed by atoms with Crippen LogP contribution in [0.25, 0.3) is 0 Å². The standard InChI is InChI=1S/C49H49N5O6Si/c1-6-27-53-41-25-20-34(54-42-17-11-13-19-44(42)59-43-18-12-10-16-37(43)47(54)56)29-39(41)49(48(53)57)32(2)46(61(4,5)36-23-21-35(58-3)22-24-36)45(60-49)26-28-52-30-40(50-51-52)38(31-55)33-14-8-7-9-15-33/h6-25,29-30,32,38,45-46,55H,1,26-28,31H2,2-5H3/t32-,38?,45+,46-,49+/m0/s1. The fourth-order valence-electron chi connectivity index (χ4n) is 9.98. The van der Waals surface area contributed by atoms with Gasteiger partial charge in [-0.25, -0.2) is 0 Å². The Balaban J connectivity index is 1.14. The highest BCUT2D eigenvalue weighted by Gasteiger charge is 2.66. The fraction of sp³-hybridized carbons (Fsp3) is 0.265. The Hall–Kier alpha value is -6.34. The normalized spacial score (nSPS) is 21.1. The van der Waals surface area contributed by atoms with Gasteiger partial charge in [0.25, 0.3) is 11.8 Å². The number of hydrogen-bond donors (Lipinski definition) is 1. The molecule has 12 heteroatoms. The second kappa shape index (κ2) is 15.9. The van der Waals surface area contributed by atoms with Crippen molar-refractivity contribution in [3.8, 4) is 17.2 Å². The first-order chi connectivity index (χ1) is 29.6. The van der Waals surface area contributed by atoms with E-state index in [1.165, 1.54) is 5.19 Å². The Morgan fingerprint density at radius 2 is 1.64 bits per heavy atom. The van der Waals surface area contributed by atoms with Crippen LogP contribution in [0.4, 0.5) is 17.1 Å². The molecule has 5 atom stereocenters. The largest absolute Gasteiger partial charge is 0.497 e. The summed E-state index contributed by atoms with van der Waals surface area (Å²) < 4.78 is 21.1. The molecule has 310 valence electrons. The lowest BCUT2D eigenvalue weighted by Gasteiger charge is -2.37. The number of para-hydroxylation sites is 3. The Labute approximate surface area is 356 Å². The summed E-state index contributed by atoms with van der Waals surface area (Å²) in [5.74, 6) is 0.821. The minimum Gasteiger partial charge on any atom is -0.497 e. The van der Waals surface area contributed by atoms with Gasteiger partial charge in [0.15, 0.2) is 11.4 Å². The molecule has 6 aromatic rings. The predicted molar refractivity (Wildman–Crippen MR) is 238 cm³/mol. The summed E-state index contributed by atoms with van der Waals surface area (Å²) in [6.07, 6.45) is 3.82. The molecule has 2 amide bonds. The second-order valence-electron chi connectivity index (χ2n) is 16.6. The third kappa shape index (κ3) is 6.66. The van der Waals surface area contributed by atoms with E-state index < -0.39 is 13.7 Å². The van der Waals surface area contributed by atoms with Crippen molar-refractivity contribution in [2.45, 2.75) is 56.1 Å². The quantitative estimate of drug-likeness (QED) is 0.0967. The number of anilines is 3. The van der Waals surface area contributed by atoms with Crippen LogP contribution in [0.2, 0.25) is 18.6 Å². The van der Waals surface area contributed by atoms with Crippen LogP contribution >= 0.6 is 0 Å². The van der Waals surface area contributed by atoms with Crippen molar-refractivity contribution in [3.05, 3.63) is 163 Å². The van der Waals surface area contributed by atoms with E-state index in [4.69, 9.17) is 14.2 Å². The molecule has 1 saturated heterocycles. The van der Waals surface area contributed by atoms with Gasteiger partial charge in [0.2, 0.25) is 0 Å². The summed E-state index contributed by atoms with van der Waals surface area (Å²) in [6, 6.07) is 38.7. The van der Waals surface area contributed by atoms with Gasteiger partial charge >= 0.3 is 0 Å². The Kier molecular flexibility index (Phi) is 10.5. The molecule has 0 radical (unpaired) electrons. The molecule has 5 aromatic carbocycles. The van der Waals surface area contributed by atoms with E-state index in [-0.39, 0.29) is 41.9 Å². The lowest BCUT2D eigenvalue weighted by atomic mass is 9.82. The first-order valence-corrected chi connectivity index (χ1v) is 23.8. The van der Waals surface area contributed by atoms with Crippen molar-refractivity contribution in [1.82, 2.24) is 15.0 Å². The average Bonchev–Trinajstić information content (AvgIpc) is 3.91. The molecule has 4 heterocycles. The summed E-state index contributed by atoms with van der Waals surface area (Å²) in [5.41, 5.74) is 3.31. The number of aliphatic hydroxyl groups is 1. The van der Waals surface area contributed by atoms with Gasteiger partial charge in [0, 0.05) is 36.5 Å². The zero-order valence-electron chi connectivity index (χ0n) is 34.8. The molecule has 3 aliphatic heterocycles. The third-order valence-electron chi connectivity index (χ3n) is 13.0. The monoisotopic (exact) mass is 831 g/mol. The maximum atomic E-state index is 15.3. The lowest BCUT2D eigenvalue weighted by Crippen LogP contribution is -2.52. The van der Waals surface area contributed by atoms with Crippen molar-refractivity contribution in [3.63, 3.8) is 0 Å². The van der Waals surface area contributed by atoms with Crippen LogP contribution in [0.1, 0.15) is 46.4 Å². The highest BCUT2D eigenvalue weighted by atomic mass is 28.3. The van der Waals surface area contributed by atoms with Crippen molar-refractivity contribution < 1.29 is 28.9 Å². The molecule has 11 nitrogen and oxygen atoms in total. The number of methoxy groups -OCH3 is 1. The van der Waals surface area contributed by atoms with E-state index in [0.717, 1.165) is 22.6 Å². The number of aryl methyl sites for hydroxylation is 1. The van der Waals surface area contributed by atoms with E-state index in [2.05, 4.69) is 49.0 Å². The molecular weight excluding hydrogens is 783 g/mol. The van der Waals surface area contributed by atoms with Gasteiger partial charge in [0.1, 0.15) is 11.5 Å². The highest BCUT2D eigenvalue weighted by molar-refractivity contribution is 6.91. The second-order valence-corrected chi connectivity index (χ2v) is 21.3. The third-order valence-corrected chi connectivity index (χ3v) is 17.3. The van der Waals surface area contributed by atoms with Gasteiger partial charge in [-0.1, -0.05) is 103 Å². The first kappa shape index (κ1) is 40.1. The summed E-state index contributed by atoms with van der Waals surface area (Å²) in [4.78, 5) is 33.4. The molecule has 1 fully saturated rings. The molecule has 1 unspecified atom stereocenters. The molecule has 0 saturated carbocycles. The van der Waals surface area contributed by atoms with Gasteiger partial charge in [-0.2, -0.15) is 0 Å². The Morgan fingerprint density at radius 3 is 2.38 bits per heavy atom. The van der Waals surface area contributed by atoms with E-state index in [1.54, 1.807) is 35.1 Å². The molecule has 1 spiro atoms. The number of carbonyl (C=O) groups is 2. The molecule has 1 N–H and O–H groups in total. The molecule has 9 rings (SSSR count). The minimum atomic E-state index is -2.48. The number of ether oxygens (including phenoxy) is 3. The maximum absolute atomic E-state index is 15.3. The number of benzene rings is 5. The number of aliphatic hydroxyl groups excluding tert-OH is 1. The average molecular weight is 832 g/mol. The Morgan fingerprint density at radius 1 is 0.918 bits per heavy atom. The van der Waals surface area contributed by atoms with E-state index in [1.807, 2.05) is 108 Å². The van der Waals surface area contributed by atoms with Crippen LogP contribution in [0.5, 0.6) is 17.2 Å². The number of carbonyl (C=O) groups excluding carboxylic acids is 2. The molecular formula is C49H49N5O6Si. The van der Waals surface area contributed by atoms with E-state index in [9.17, 15) is 9.90 Å². The van der Waals surface area contributed by atoms with Crippen molar-refractivity contribution >= 4 is 42.1 Å².